The van der Waals surface area contributed by atoms with E-state index in [2.05, 4.69) is 56.2 Å². The minimum Gasteiger partial charge on any atom is -0.420 e. The molecule has 0 unspecified atom stereocenters. The summed E-state index contributed by atoms with van der Waals surface area (Å²) < 4.78 is 6.26. The Hall–Kier alpha value is 0.0569. The summed E-state index contributed by atoms with van der Waals surface area (Å²) in [5.74, 6) is 0. The van der Waals surface area contributed by atoms with Gasteiger partial charge in [-0.25, -0.2) is 0 Å². The van der Waals surface area contributed by atoms with Crippen molar-refractivity contribution in [1.29, 1.82) is 0 Å². The normalized spacial score (nSPS) is 12.6. The van der Waals surface area contributed by atoms with E-state index in [1.54, 1.807) is 0 Å². The van der Waals surface area contributed by atoms with E-state index in [1.807, 2.05) is 0 Å². The Morgan fingerprint density at radius 3 is 1.28 bits per heavy atom. The maximum absolute atomic E-state index is 6.26. The molecule has 0 amide bonds. The minimum absolute atomic E-state index is 0.440. The molecule has 0 rings (SSSR count). The van der Waals surface area contributed by atoms with Gasteiger partial charge in [0.25, 0.3) is 0 Å². The monoisotopic (exact) mass is 429 g/mol. The van der Waals surface area contributed by atoms with Gasteiger partial charge >= 0.3 is 0 Å². The van der Waals surface area contributed by atoms with Gasteiger partial charge in [-0.3, -0.25) is 0 Å². The van der Waals surface area contributed by atoms with Gasteiger partial charge in [0.2, 0.25) is 0 Å². The molecular formula is C24H55N3OSi. The van der Waals surface area contributed by atoms with Gasteiger partial charge in [-0.05, 0) is 104 Å². The molecule has 4 nitrogen and oxygen atoms in total. The third kappa shape index (κ3) is 16.4. The van der Waals surface area contributed by atoms with Crippen LogP contribution in [0.1, 0.15) is 92.9 Å². The van der Waals surface area contributed by atoms with Gasteiger partial charge in [-0.15, -0.1) is 0 Å². The predicted molar refractivity (Wildman–Crippen MR) is 134 cm³/mol. The van der Waals surface area contributed by atoms with Crippen LogP contribution in [0.4, 0.5) is 0 Å². The van der Waals surface area contributed by atoms with Crippen molar-refractivity contribution in [3.05, 3.63) is 0 Å². The van der Waals surface area contributed by atoms with Crippen molar-refractivity contribution < 1.29 is 4.43 Å². The number of hydrogen-bond donors (Lipinski definition) is 0. The molecule has 0 aliphatic heterocycles. The molecule has 0 saturated carbocycles. The standard InChI is InChI=1S/C24H55N3OSi/c1-7-15-25(16-8-2)19-13-21-27(23-29-28-24(11-5)12-6)22-14-20-26(17-9-3)18-10-4/h24H,7-23,29H2,1-6H3. The van der Waals surface area contributed by atoms with E-state index in [-0.39, 0.29) is 0 Å². The summed E-state index contributed by atoms with van der Waals surface area (Å²) in [6.07, 6.45) is 11.7. The molecule has 29 heavy (non-hydrogen) atoms. The maximum Gasteiger partial charge on any atom is 0.175 e. The van der Waals surface area contributed by atoms with Gasteiger partial charge in [-0.1, -0.05) is 41.5 Å². The highest BCUT2D eigenvalue weighted by atomic mass is 28.2. The molecule has 176 valence electrons. The molecule has 0 aliphatic rings. The second kappa shape index (κ2) is 21.3. The molecular weight excluding hydrogens is 374 g/mol. The number of nitrogens with zero attached hydrogens (tertiary/aromatic N) is 3. The molecule has 0 aliphatic carbocycles. The summed E-state index contributed by atoms with van der Waals surface area (Å²) in [6.45, 7) is 23.7. The Labute approximate surface area is 186 Å². The highest BCUT2D eigenvalue weighted by Gasteiger charge is 2.11. The second-order valence-corrected chi connectivity index (χ2v) is 9.73. The van der Waals surface area contributed by atoms with E-state index in [0.717, 1.165) is 12.8 Å². The van der Waals surface area contributed by atoms with Crippen LogP contribution in [0.5, 0.6) is 0 Å². The van der Waals surface area contributed by atoms with Crippen molar-refractivity contribution in [2.45, 2.75) is 99.0 Å². The first-order chi connectivity index (χ1) is 14.1. The van der Waals surface area contributed by atoms with Crippen molar-refractivity contribution in [2.75, 3.05) is 58.5 Å². The Kier molecular flexibility index (Phi) is 21.3. The summed E-state index contributed by atoms with van der Waals surface area (Å²) in [6, 6.07) is 0. The molecule has 5 heteroatoms. The lowest BCUT2D eigenvalue weighted by Gasteiger charge is -2.27. The van der Waals surface area contributed by atoms with Crippen LogP contribution in [0.25, 0.3) is 0 Å². The molecule has 0 bridgehead atoms. The predicted octanol–water partition coefficient (Wildman–Crippen LogP) is 4.56. The van der Waals surface area contributed by atoms with E-state index >= 15 is 0 Å². The molecule has 0 aromatic carbocycles. The lowest BCUT2D eigenvalue weighted by molar-refractivity contribution is 0.185. The Morgan fingerprint density at radius 2 is 0.931 bits per heavy atom. The zero-order valence-corrected chi connectivity index (χ0v) is 22.5. The zero-order valence-electron chi connectivity index (χ0n) is 21.1. The van der Waals surface area contributed by atoms with Crippen molar-refractivity contribution >= 4 is 9.76 Å². The van der Waals surface area contributed by atoms with Crippen LogP contribution < -0.4 is 0 Å². The van der Waals surface area contributed by atoms with Gasteiger partial charge in [0.05, 0.1) is 0 Å². The van der Waals surface area contributed by atoms with Gasteiger partial charge in [0.15, 0.2) is 9.76 Å². The topological polar surface area (TPSA) is 19.0 Å². The summed E-state index contributed by atoms with van der Waals surface area (Å²) >= 11 is 0. The van der Waals surface area contributed by atoms with E-state index in [9.17, 15) is 0 Å². The summed E-state index contributed by atoms with van der Waals surface area (Å²) in [5, 5.41) is 0. The van der Waals surface area contributed by atoms with Crippen LogP contribution >= 0.6 is 0 Å². The van der Waals surface area contributed by atoms with Gasteiger partial charge in [0, 0.05) is 12.3 Å². The molecule has 0 heterocycles. The van der Waals surface area contributed by atoms with Crippen molar-refractivity contribution in [2.24, 2.45) is 0 Å². The van der Waals surface area contributed by atoms with Crippen LogP contribution in [0.2, 0.25) is 0 Å². The van der Waals surface area contributed by atoms with Crippen LogP contribution in [0.3, 0.4) is 0 Å². The molecule has 0 aromatic heterocycles. The SMILES string of the molecule is CCCN(CCC)CCCN(CCCN(CCC)CCC)C[SiH2]OC(CC)CC. The lowest BCUT2D eigenvalue weighted by atomic mass is 10.2. The van der Waals surface area contributed by atoms with Gasteiger partial charge in [0.1, 0.15) is 0 Å². The first-order valence-electron chi connectivity index (χ1n) is 12.9. The van der Waals surface area contributed by atoms with Crippen molar-refractivity contribution in [1.82, 2.24) is 14.7 Å². The third-order valence-corrected chi connectivity index (χ3v) is 7.25. The van der Waals surface area contributed by atoms with E-state index in [0.29, 0.717) is 6.10 Å². The molecule has 0 fully saturated rings. The lowest BCUT2D eigenvalue weighted by Crippen LogP contribution is -2.36. The quantitative estimate of drug-likeness (QED) is 0.235. The maximum atomic E-state index is 6.26. The van der Waals surface area contributed by atoms with Crippen LogP contribution in [-0.2, 0) is 4.43 Å². The van der Waals surface area contributed by atoms with Crippen molar-refractivity contribution in [3.63, 3.8) is 0 Å². The Bertz CT molecular complexity index is 295. The van der Waals surface area contributed by atoms with E-state index < -0.39 is 9.76 Å². The summed E-state index contributed by atoms with van der Waals surface area (Å²) in [5.41, 5.74) is 0. The Balaban J connectivity index is 4.45. The van der Waals surface area contributed by atoms with Crippen LogP contribution in [-0.4, -0.2) is 89.1 Å². The van der Waals surface area contributed by atoms with E-state index in [4.69, 9.17) is 4.43 Å². The molecule has 0 aromatic rings. The van der Waals surface area contributed by atoms with Crippen molar-refractivity contribution in [3.8, 4) is 0 Å². The fraction of sp³-hybridized carbons (Fsp3) is 1.00. The molecule has 0 N–H and O–H groups in total. The molecule has 0 atom stereocenters. The zero-order chi connectivity index (χ0) is 21.7. The van der Waals surface area contributed by atoms with E-state index in [1.165, 1.54) is 97.1 Å². The van der Waals surface area contributed by atoms with Crippen LogP contribution in [0, 0.1) is 0 Å². The second-order valence-electron chi connectivity index (χ2n) is 8.54. The molecule has 0 saturated heterocycles. The first-order valence-corrected chi connectivity index (χ1v) is 14.5. The summed E-state index contributed by atoms with van der Waals surface area (Å²) in [4.78, 5) is 8.03. The fourth-order valence-corrected chi connectivity index (χ4v) is 5.80. The smallest absolute Gasteiger partial charge is 0.175 e. The number of rotatable bonds is 22. The van der Waals surface area contributed by atoms with Crippen LogP contribution in [0.15, 0.2) is 0 Å². The third-order valence-electron chi connectivity index (χ3n) is 5.73. The number of hydrogen-bond acceptors (Lipinski definition) is 4. The van der Waals surface area contributed by atoms with Gasteiger partial charge < -0.3 is 19.1 Å². The highest BCUT2D eigenvalue weighted by molar-refractivity contribution is 6.27. The highest BCUT2D eigenvalue weighted by Crippen LogP contribution is 2.04. The molecule has 0 spiro atoms. The minimum atomic E-state index is -0.440. The van der Waals surface area contributed by atoms with Gasteiger partial charge in [-0.2, -0.15) is 0 Å². The average molecular weight is 430 g/mol. The summed E-state index contributed by atoms with van der Waals surface area (Å²) in [7, 11) is -0.440. The first kappa shape index (κ1) is 29.1. The average Bonchev–Trinajstić information content (AvgIpc) is 2.71. The largest absolute Gasteiger partial charge is 0.420 e. The fourth-order valence-electron chi connectivity index (χ4n) is 4.18. The molecule has 0 radical (unpaired) electrons. The Morgan fingerprint density at radius 1 is 0.552 bits per heavy atom.